The first-order chi connectivity index (χ1) is 10.9. The number of hydrogen-bond acceptors (Lipinski definition) is 4. The van der Waals surface area contributed by atoms with Crippen LogP contribution in [0.4, 0.5) is 9.59 Å². The molecule has 126 valence electrons. The Bertz CT molecular complexity index is 572. The minimum absolute atomic E-state index is 0.0110. The third-order valence-corrected chi connectivity index (χ3v) is 5.99. The third-order valence-electron chi connectivity index (χ3n) is 5.99. The fourth-order valence-corrected chi connectivity index (χ4v) is 5.09. The summed E-state index contributed by atoms with van der Waals surface area (Å²) >= 11 is 0. The maximum Gasteiger partial charge on any atom is 0.407 e. The van der Waals surface area contributed by atoms with Gasteiger partial charge in [0.25, 0.3) is 0 Å². The highest BCUT2D eigenvalue weighted by molar-refractivity contribution is 5.82. The van der Waals surface area contributed by atoms with Crippen molar-refractivity contribution in [1.82, 2.24) is 14.7 Å². The Kier molecular flexibility index (Phi) is 2.87. The SMILES string of the molecule is COC(=O)C12CC(CN3CC4CN(C(=O)O)CCN4C3=O)(C1)C2. The van der Waals surface area contributed by atoms with E-state index in [1.165, 1.54) is 12.0 Å². The van der Waals surface area contributed by atoms with Crippen LogP contribution in [0.5, 0.6) is 0 Å². The molecule has 8 nitrogen and oxygen atoms in total. The lowest BCUT2D eigenvalue weighted by Gasteiger charge is -2.69. The zero-order valence-electron chi connectivity index (χ0n) is 13.2. The van der Waals surface area contributed by atoms with Gasteiger partial charge < -0.3 is 24.5 Å². The lowest BCUT2D eigenvalue weighted by molar-refractivity contribution is -0.228. The molecule has 5 rings (SSSR count). The largest absolute Gasteiger partial charge is 0.469 e. The number of carboxylic acid groups (broad SMARTS) is 1. The quantitative estimate of drug-likeness (QED) is 0.761. The Morgan fingerprint density at radius 1 is 1.26 bits per heavy atom. The van der Waals surface area contributed by atoms with Gasteiger partial charge in [0.05, 0.1) is 18.6 Å². The molecule has 0 spiro atoms. The van der Waals surface area contributed by atoms with Gasteiger partial charge in [-0.3, -0.25) is 4.79 Å². The molecular formula is C15H21N3O5. The summed E-state index contributed by atoms with van der Waals surface area (Å²) in [6.07, 6.45) is 1.50. The van der Waals surface area contributed by atoms with Gasteiger partial charge in [-0.2, -0.15) is 0 Å². The van der Waals surface area contributed by atoms with Crippen LogP contribution in [-0.2, 0) is 9.53 Å². The Labute approximate surface area is 133 Å². The van der Waals surface area contributed by atoms with Crippen molar-refractivity contribution in [3.05, 3.63) is 0 Å². The second kappa shape index (κ2) is 4.52. The molecule has 0 aromatic heterocycles. The molecule has 2 aliphatic heterocycles. The van der Waals surface area contributed by atoms with Gasteiger partial charge in [-0.15, -0.1) is 0 Å². The minimum atomic E-state index is -0.921. The van der Waals surface area contributed by atoms with Crippen molar-refractivity contribution in [3.8, 4) is 0 Å². The number of methoxy groups -OCH3 is 1. The van der Waals surface area contributed by atoms with E-state index in [0.29, 0.717) is 32.7 Å². The van der Waals surface area contributed by atoms with E-state index in [9.17, 15) is 14.4 Å². The molecule has 0 aromatic rings. The molecule has 2 saturated heterocycles. The van der Waals surface area contributed by atoms with Crippen molar-refractivity contribution >= 4 is 18.1 Å². The number of urea groups is 1. The van der Waals surface area contributed by atoms with Gasteiger partial charge in [0, 0.05) is 32.7 Å². The number of hydrogen-bond donors (Lipinski definition) is 1. The zero-order valence-corrected chi connectivity index (χ0v) is 13.2. The second-order valence-electron chi connectivity index (χ2n) is 7.54. The van der Waals surface area contributed by atoms with Crippen LogP contribution in [0.25, 0.3) is 0 Å². The van der Waals surface area contributed by atoms with Crippen molar-refractivity contribution in [1.29, 1.82) is 0 Å². The van der Waals surface area contributed by atoms with Crippen molar-refractivity contribution < 1.29 is 24.2 Å². The Hall–Kier alpha value is -1.99. The van der Waals surface area contributed by atoms with Gasteiger partial charge >= 0.3 is 18.1 Å². The first kappa shape index (κ1) is 14.6. The molecule has 3 saturated carbocycles. The molecular weight excluding hydrogens is 302 g/mol. The van der Waals surface area contributed by atoms with E-state index < -0.39 is 6.09 Å². The predicted molar refractivity (Wildman–Crippen MR) is 77.8 cm³/mol. The van der Waals surface area contributed by atoms with Crippen molar-refractivity contribution in [2.75, 3.05) is 39.8 Å². The molecule has 3 amide bonds. The van der Waals surface area contributed by atoms with Gasteiger partial charge in [-0.1, -0.05) is 0 Å². The normalized spacial score (nSPS) is 37.9. The molecule has 5 fully saturated rings. The highest BCUT2D eigenvalue weighted by atomic mass is 16.5. The van der Waals surface area contributed by atoms with Gasteiger partial charge in [-0.05, 0) is 24.7 Å². The van der Waals surface area contributed by atoms with Gasteiger partial charge in [0.15, 0.2) is 0 Å². The third kappa shape index (κ3) is 1.93. The molecule has 0 aromatic carbocycles. The minimum Gasteiger partial charge on any atom is -0.469 e. The number of piperazine rings is 1. The van der Waals surface area contributed by atoms with E-state index in [1.54, 1.807) is 4.90 Å². The van der Waals surface area contributed by atoms with Crippen LogP contribution in [0.3, 0.4) is 0 Å². The van der Waals surface area contributed by atoms with Crippen LogP contribution in [0.15, 0.2) is 0 Å². The molecule has 5 aliphatic rings. The van der Waals surface area contributed by atoms with Crippen molar-refractivity contribution in [3.63, 3.8) is 0 Å². The number of carbonyl (C=O) groups is 3. The summed E-state index contributed by atoms with van der Waals surface area (Å²) in [6.45, 7) is 2.48. The molecule has 1 N–H and O–H groups in total. The first-order valence-electron chi connectivity index (χ1n) is 8.00. The number of rotatable bonds is 3. The van der Waals surface area contributed by atoms with E-state index >= 15 is 0 Å². The van der Waals surface area contributed by atoms with Gasteiger partial charge in [0.2, 0.25) is 0 Å². The molecule has 2 heterocycles. The summed E-state index contributed by atoms with van der Waals surface area (Å²) in [7, 11) is 1.42. The van der Waals surface area contributed by atoms with E-state index in [1.807, 2.05) is 4.90 Å². The number of fused-ring (bicyclic) bond motifs is 1. The van der Waals surface area contributed by atoms with Gasteiger partial charge in [0.1, 0.15) is 0 Å². The van der Waals surface area contributed by atoms with Crippen LogP contribution < -0.4 is 0 Å². The van der Waals surface area contributed by atoms with Crippen LogP contribution in [-0.4, -0.2) is 83.8 Å². The fraction of sp³-hybridized carbons (Fsp3) is 0.800. The Morgan fingerprint density at radius 3 is 2.57 bits per heavy atom. The maximum atomic E-state index is 12.5. The van der Waals surface area contributed by atoms with Gasteiger partial charge in [-0.25, -0.2) is 9.59 Å². The van der Waals surface area contributed by atoms with Crippen LogP contribution in [0.2, 0.25) is 0 Å². The maximum absolute atomic E-state index is 12.5. The summed E-state index contributed by atoms with van der Waals surface area (Å²) in [5, 5.41) is 9.10. The van der Waals surface area contributed by atoms with E-state index in [0.717, 1.165) is 19.3 Å². The highest BCUT2D eigenvalue weighted by Gasteiger charge is 2.72. The summed E-state index contributed by atoms with van der Waals surface area (Å²) in [5.41, 5.74) is -0.213. The molecule has 1 unspecified atom stereocenters. The van der Waals surface area contributed by atoms with E-state index in [-0.39, 0.29) is 28.9 Å². The predicted octanol–water partition coefficient (Wildman–Crippen LogP) is 0.430. The average Bonchev–Trinajstić information content (AvgIpc) is 2.76. The molecule has 23 heavy (non-hydrogen) atoms. The number of amides is 3. The van der Waals surface area contributed by atoms with Crippen LogP contribution in [0, 0.1) is 10.8 Å². The summed E-state index contributed by atoms with van der Waals surface area (Å²) < 4.78 is 4.85. The average molecular weight is 323 g/mol. The Morgan fingerprint density at radius 2 is 1.96 bits per heavy atom. The lowest BCUT2D eigenvalue weighted by atomic mass is 9.35. The molecule has 3 aliphatic carbocycles. The van der Waals surface area contributed by atoms with Crippen molar-refractivity contribution in [2.24, 2.45) is 10.8 Å². The number of ether oxygens (including phenoxy) is 1. The summed E-state index contributed by atoms with van der Waals surface area (Å²) in [5.74, 6) is -0.123. The Balaban J connectivity index is 1.37. The first-order valence-corrected chi connectivity index (χ1v) is 8.00. The van der Waals surface area contributed by atoms with Crippen LogP contribution >= 0.6 is 0 Å². The monoisotopic (exact) mass is 323 g/mol. The highest BCUT2D eigenvalue weighted by Crippen LogP contribution is 2.73. The summed E-state index contributed by atoms with van der Waals surface area (Å²) in [6, 6.07) is -0.0360. The fourth-order valence-electron chi connectivity index (χ4n) is 5.09. The standard InChI is InChI=1S/C15H21N3O5/c1-23-11(19)15-6-14(7-15,8-15)9-17-5-10-4-16(13(21)22)2-3-18(10)12(17)20/h10H,2-9H2,1H3,(H,21,22). The number of nitrogens with zero attached hydrogens (tertiary/aromatic N) is 3. The smallest absolute Gasteiger partial charge is 0.407 e. The van der Waals surface area contributed by atoms with Crippen LogP contribution in [0.1, 0.15) is 19.3 Å². The summed E-state index contributed by atoms with van der Waals surface area (Å²) in [4.78, 5) is 40.4. The molecule has 2 bridgehead atoms. The second-order valence-corrected chi connectivity index (χ2v) is 7.54. The van der Waals surface area contributed by atoms with E-state index in [4.69, 9.17) is 9.84 Å². The number of carbonyl (C=O) groups excluding carboxylic acids is 2. The van der Waals surface area contributed by atoms with E-state index in [2.05, 4.69) is 0 Å². The lowest BCUT2D eigenvalue weighted by Crippen LogP contribution is -2.69. The molecule has 8 heteroatoms. The molecule has 1 atom stereocenters. The zero-order chi connectivity index (χ0) is 16.4. The number of esters is 1. The van der Waals surface area contributed by atoms with Crippen molar-refractivity contribution in [2.45, 2.75) is 25.3 Å². The molecule has 0 radical (unpaired) electrons. The topological polar surface area (TPSA) is 90.4 Å².